The Morgan fingerprint density at radius 1 is 1.31 bits per heavy atom. The van der Waals surface area contributed by atoms with Gasteiger partial charge >= 0.3 is 12.1 Å². The first kappa shape index (κ1) is 19.7. The number of methoxy groups -OCH3 is 1. The van der Waals surface area contributed by atoms with Gasteiger partial charge in [-0.25, -0.2) is 9.59 Å². The van der Waals surface area contributed by atoms with E-state index in [9.17, 15) is 24.6 Å². The van der Waals surface area contributed by atoms with Crippen molar-refractivity contribution in [2.24, 2.45) is 0 Å². The summed E-state index contributed by atoms with van der Waals surface area (Å²) in [5, 5.41) is 21.9. The predicted molar refractivity (Wildman–Crippen MR) is 92.5 cm³/mol. The fourth-order valence-corrected chi connectivity index (χ4v) is 3.37. The van der Waals surface area contributed by atoms with Gasteiger partial charge in [0.25, 0.3) is 0 Å². The zero-order valence-electron chi connectivity index (χ0n) is 14.8. The molecule has 3 N–H and O–H groups in total. The van der Waals surface area contributed by atoms with E-state index in [0.29, 0.717) is 12.8 Å². The number of amides is 2. The SMILES string of the molecule is COC(=O)C(NC(=O)C1(Cc2ccccc2)CCCN1C(=O)O)C(C)O. The second-order valence-electron chi connectivity index (χ2n) is 6.45. The highest BCUT2D eigenvalue weighted by atomic mass is 16.5. The van der Waals surface area contributed by atoms with Gasteiger partial charge in [0.15, 0.2) is 6.04 Å². The molecule has 142 valence electrons. The number of aliphatic hydroxyl groups is 1. The standard InChI is InChI=1S/C18H24N2O6/c1-12(21)14(15(22)26-2)19-16(23)18(9-6-10-20(18)17(24)25)11-13-7-4-3-5-8-13/h3-5,7-8,12,14,21H,6,9-11H2,1-2H3,(H,19,23)(H,24,25). The minimum absolute atomic E-state index is 0.180. The van der Waals surface area contributed by atoms with Crippen molar-refractivity contribution in [2.45, 2.75) is 43.9 Å². The van der Waals surface area contributed by atoms with Crippen molar-refractivity contribution in [1.29, 1.82) is 0 Å². The fraction of sp³-hybridized carbons (Fsp3) is 0.500. The molecular formula is C18H24N2O6. The number of hydrogen-bond acceptors (Lipinski definition) is 5. The summed E-state index contributed by atoms with van der Waals surface area (Å²) < 4.78 is 4.62. The molecule has 26 heavy (non-hydrogen) atoms. The lowest BCUT2D eigenvalue weighted by Gasteiger charge is -2.36. The van der Waals surface area contributed by atoms with Gasteiger partial charge in [0, 0.05) is 13.0 Å². The van der Waals surface area contributed by atoms with Crippen molar-refractivity contribution in [2.75, 3.05) is 13.7 Å². The second kappa shape index (κ2) is 8.18. The van der Waals surface area contributed by atoms with Gasteiger partial charge in [0.05, 0.1) is 13.2 Å². The zero-order chi connectivity index (χ0) is 19.3. The highest BCUT2D eigenvalue weighted by Crippen LogP contribution is 2.33. The maximum atomic E-state index is 13.1. The first-order chi connectivity index (χ1) is 12.3. The Labute approximate surface area is 151 Å². The number of likely N-dealkylation sites (tertiary alicyclic amines) is 1. The average molecular weight is 364 g/mol. The van der Waals surface area contributed by atoms with E-state index in [4.69, 9.17) is 0 Å². The van der Waals surface area contributed by atoms with Gasteiger partial charge in [-0.1, -0.05) is 30.3 Å². The van der Waals surface area contributed by atoms with Crippen LogP contribution in [0.2, 0.25) is 0 Å². The number of carboxylic acid groups (broad SMARTS) is 1. The molecule has 0 radical (unpaired) electrons. The minimum atomic E-state index is -1.34. The lowest BCUT2D eigenvalue weighted by molar-refractivity contribution is -0.149. The Kier molecular flexibility index (Phi) is 6.20. The van der Waals surface area contributed by atoms with Crippen LogP contribution in [0, 0.1) is 0 Å². The van der Waals surface area contributed by atoms with Crippen LogP contribution in [0.5, 0.6) is 0 Å². The van der Waals surface area contributed by atoms with Crippen LogP contribution in [0.3, 0.4) is 0 Å². The molecule has 1 heterocycles. The van der Waals surface area contributed by atoms with Crippen molar-refractivity contribution in [3.05, 3.63) is 35.9 Å². The lowest BCUT2D eigenvalue weighted by Crippen LogP contribution is -2.62. The number of rotatable bonds is 6. The van der Waals surface area contributed by atoms with Gasteiger partial charge in [-0.05, 0) is 25.3 Å². The Balaban J connectivity index is 2.35. The van der Waals surface area contributed by atoms with Crippen LogP contribution in [0.4, 0.5) is 4.79 Å². The molecule has 3 unspecified atom stereocenters. The number of nitrogens with one attached hydrogen (secondary N) is 1. The fourth-order valence-electron chi connectivity index (χ4n) is 3.37. The first-order valence-corrected chi connectivity index (χ1v) is 8.43. The van der Waals surface area contributed by atoms with Crippen LogP contribution in [0.25, 0.3) is 0 Å². The van der Waals surface area contributed by atoms with Crippen LogP contribution in [-0.2, 0) is 20.7 Å². The summed E-state index contributed by atoms with van der Waals surface area (Å²) in [4.78, 5) is 37.8. The smallest absolute Gasteiger partial charge is 0.408 e. The monoisotopic (exact) mass is 364 g/mol. The summed E-state index contributed by atoms with van der Waals surface area (Å²) in [5.41, 5.74) is -0.531. The Morgan fingerprint density at radius 3 is 2.50 bits per heavy atom. The highest BCUT2D eigenvalue weighted by molar-refractivity contribution is 5.93. The molecule has 1 saturated heterocycles. The van der Waals surface area contributed by atoms with E-state index in [0.717, 1.165) is 17.6 Å². The summed E-state index contributed by atoms with van der Waals surface area (Å²) in [6, 6.07) is 7.83. The van der Waals surface area contributed by atoms with Crippen molar-refractivity contribution in [3.63, 3.8) is 0 Å². The topological polar surface area (TPSA) is 116 Å². The molecule has 1 aromatic rings. The molecule has 3 atom stereocenters. The number of ether oxygens (including phenoxy) is 1. The number of benzene rings is 1. The molecule has 1 fully saturated rings. The summed E-state index contributed by atoms with van der Waals surface area (Å²) >= 11 is 0. The number of carbonyl (C=O) groups is 3. The summed E-state index contributed by atoms with van der Waals surface area (Å²) in [6.07, 6.45) is -1.34. The Morgan fingerprint density at radius 2 is 1.96 bits per heavy atom. The first-order valence-electron chi connectivity index (χ1n) is 8.43. The minimum Gasteiger partial charge on any atom is -0.467 e. The van der Waals surface area contributed by atoms with Crippen molar-refractivity contribution >= 4 is 18.0 Å². The molecule has 2 amide bonds. The van der Waals surface area contributed by atoms with Gasteiger partial charge in [-0.2, -0.15) is 0 Å². The molecule has 8 heteroatoms. The van der Waals surface area contributed by atoms with Crippen LogP contribution in [0.1, 0.15) is 25.3 Å². The Bertz CT molecular complexity index is 663. The quantitative estimate of drug-likeness (QED) is 0.643. The average Bonchev–Trinajstić information content (AvgIpc) is 3.04. The van der Waals surface area contributed by atoms with E-state index in [2.05, 4.69) is 10.1 Å². The molecule has 0 spiro atoms. The Hall–Kier alpha value is -2.61. The third-order valence-electron chi connectivity index (χ3n) is 4.71. The molecule has 8 nitrogen and oxygen atoms in total. The highest BCUT2D eigenvalue weighted by Gasteiger charge is 2.51. The van der Waals surface area contributed by atoms with Crippen LogP contribution in [0.15, 0.2) is 30.3 Å². The zero-order valence-corrected chi connectivity index (χ0v) is 14.8. The van der Waals surface area contributed by atoms with Crippen LogP contribution < -0.4 is 5.32 Å². The van der Waals surface area contributed by atoms with E-state index < -0.39 is 35.7 Å². The largest absolute Gasteiger partial charge is 0.467 e. The van der Waals surface area contributed by atoms with Gasteiger partial charge in [-0.15, -0.1) is 0 Å². The molecule has 1 aliphatic heterocycles. The third kappa shape index (κ3) is 3.96. The number of hydrogen-bond donors (Lipinski definition) is 3. The van der Waals surface area contributed by atoms with Crippen molar-refractivity contribution < 1.29 is 29.3 Å². The molecule has 1 aromatic carbocycles. The number of aliphatic hydroxyl groups excluding tert-OH is 1. The molecule has 0 bridgehead atoms. The number of carbonyl (C=O) groups excluding carboxylic acids is 2. The lowest BCUT2D eigenvalue weighted by atomic mass is 9.86. The maximum absolute atomic E-state index is 13.1. The van der Waals surface area contributed by atoms with E-state index in [-0.39, 0.29) is 13.0 Å². The molecular weight excluding hydrogens is 340 g/mol. The van der Waals surface area contributed by atoms with Crippen LogP contribution in [-0.4, -0.2) is 64.4 Å². The van der Waals surface area contributed by atoms with E-state index in [1.54, 1.807) is 0 Å². The summed E-state index contributed by atoms with van der Waals surface area (Å²) in [6.45, 7) is 1.59. The van der Waals surface area contributed by atoms with Crippen molar-refractivity contribution in [1.82, 2.24) is 10.2 Å². The van der Waals surface area contributed by atoms with Gasteiger partial charge in [0.1, 0.15) is 5.54 Å². The molecule has 2 rings (SSSR count). The normalized spacial score (nSPS) is 21.7. The van der Waals surface area contributed by atoms with Gasteiger partial charge in [0.2, 0.25) is 5.91 Å². The summed E-state index contributed by atoms with van der Waals surface area (Å²) in [5.74, 6) is -1.40. The summed E-state index contributed by atoms with van der Waals surface area (Å²) in [7, 11) is 1.16. The van der Waals surface area contributed by atoms with E-state index in [1.165, 1.54) is 6.92 Å². The number of esters is 1. The van der Waals surface area contributed by atoms with E-state index in [1.807, 2.05) is 30.3 Å². The van der Waals surface area contributed by atoms with Crippen molar-refractivity contribution in [3.8, 4) is 0 Å². The van der Waals surface area contributed by atoms with E-state index >= 15 is 0 Å². The maximum Gasteiger partial charge on any atom is 0.408 e. The van der Waals surface area contributed by atoms with Gasteiger partial charge < -0.3 is 20.3 Å². The predicted octanol–water partition coefficient (Wildman–Crippen LogP) is 0.780. The molecule has 0 aliphatic carbocycles. The van der Waals surface area contributed by atoms with Crippen LogP contribution >= 0.6 is 0 Å². The second-order valence-corrected chi connectivity index (χ2v) is 6.45. The van der Waals surface area contributed by atoms with Gasteiger partial charge in [-0.3, -0.25) is 9.69 Å². The molecule has 0 saturated carbocycles. The number of nitrogens with zero attached hydrogens (tertiary/aromatic N) is 1. The molecule has 0 aromatic heterocycles. The molecule has 1 aliphatic rings. The third-order valence-corrected chi connectivity index (χ3v) is 4.71.